The molecule has 13 heavy (non-hydrogen) atoms. The molecule has 0 radical (unpaired) electrons. The second-order valence-electron chi connectivity index (χ2n) is 3.39. The highest BCUT2D eigenvalue weighted by atomic mass is 16.4. The summed E-state index contributed by atoms with van der Waals surface area (Å²) in [7, 11) is 0. The van der Waals surface area contributed by atoms with Crippen molar-refractivity contribution in [1.82, 2.24) is 4.90 Å². The van der Waals surface area contributed by atoms with E-state index in [1.54, 1.807) is 4.90 Å². The summed E-state index contributed by atoms with van der Waals surface area (Å²) < 4.78 is 0. The summed E-state index contributed by atoms with van der Waals surface area (Å²) in [5, 5.41) is 8.46. The van der Waals surface area contributed by atoms with Crippen molar-refractivity contribution in [3.05, 3.63) is 0 Å². The number of hydrogen-bond donors (Lipinski definition) is 1. The van der Waals surface area contributed by atoms with Gasteiger partial charge in [-0.25, -0.2) is 0 Å². The number of carbonyl (C=O) groups excluding carboxylic acids is 1. The molecule has 1 rings (SSSR count). The number of amides is 1. The summed E-state index contributed by atoms with van der Waals surface area (Å²) in [5.41, 5.74) is 0. The Balaban J connectivity index is 2.43. The number of carboxylic acids is 1. The third kappa shape index (κ3) is 3.05. The van der Waals surface area contributed by atoms with Gasteiger partial charge in [-0.1, -0.05) is 6.92 Å². The quantitative estimate of drug-likeness (QED) is 0.646. The molecule has 74 valence electrons. The van der Waals surface area contributed by atoms with Gasteiger partial charge in [-0.2, -0.15) is 0 Å². The molecule has 0 heterocycles. The zero-order valence-electron chi connectivity index (χ0n) is 7.82. The highest BCUT2D eigenvalue weighted by Gasteiger charge is 2.32. The van der Waals surface area contributed by atoms with Gasteiger partial charge in [0.2, 0.25) is 5.91 Å². The predicted molar refractivity (Wildman–Crippen MR) is 47.3 cm³/mol. The Morgan fingerprint density at radius 2 is 2.08 bits per heavy atom. The van der Waals surface area contributed by atoms with Crippen LogP contribution in [0.3, 0.4) is 0 Å². The predicted octanol–water partition coefficient (Wildman–Crippen LogP) is 0.862. The number of carbonyl (C=O) groups is 2. The molecule has 1 saturated carbocycles. The monoisotopic (exact) mass is 185 g/mol. The molecular formula is C9H15NO3. The van der Waals surface area contributed by atoms with Crippen molar-refractivity contribution < 1.29 is 14.7 Å². The zero-order valence-corrected chi connectivity index (χ0v) is 7.82. The Labute approximate surface area is 77.5 Å². The molecule has 0 aromatic heterocycles. The highest BCUT2D eigenvalue weighted by Crippen LogP contribution is 2.27. The van der Waals surface area contributed by atoms with E-state index in [0.717, 1.165) is 19.3 Å². The highest BCUT2D eigenvalue weighted by molar-refractivity contribution is 5.93. The van der Waals surface area contributed by atoms with E-state index in [1.165, 1.54) is 0 Å². The summed E-state index contributed by atoms with van der Waals surface area (Å²) in [5.74, 6) is -1.27. The molecule has 0 aromatic rings. The first-order valence-electron chi connectivity index (χ1n) is 4.66. The van der Waals surface area contributed by atoms with Gasteiger partial charge >= 0.3 is 5.97 Å². The van der Waals surface area contributed by atoms with Crippen LogP contribution in [0, 0.1) is 0 Å². The lowest BCUT2D eigenvalue weighted by atomic mass is 10.3. The van der Waals surface area contributed by atoms with E-state index in [1.807, 2.05) is 6.92 Å². The Morgan fingerprint density at radius 1 is 1.46 bits per heavy atom. The van der Waals surface area contributed by atoms with E-state index in [2.05, 4.69) is 0 Å². The normalized spacial score (nSPS) is 15.5. The summed E-state index contributed by atoms with van der Waals surface area (Å²) >= 11 is 0. The molecule has 0 bridgehead atoms. The van der Waals surface area contributed by atoms with Crippen molar-refractivity contribution in [1.29, 1.82) is 0 Å². The second-order valence-corrected chi connectivity index (χ2v) is 3.39. The van der Waals surface area contributed by atoms with Gasteiger partial charge < -0.3 is 10.0 Å². The number of rotatable bonds is 5. The van der Waals surface area contributed by atoms with Crippen LogP contribution in [0.4, 0.5) is 0 Å². The average Bonchev–Trinajstić information content (AvgIpc) is 2.81. The van der Waals surface area contributed by atoms with Gasteiger partial charge in [0.05, 0.1) is 0 Å². The van der Waals surface area contributed by atoms with Crippen molar-refractivity contribution in [2.24, 2.45) is 0 Å². The molecule has 0 aliphatic heterocycles. The molecule has 1 fully saturated rings. The SMILES string of the molecule is CCCN(C(=O)CC(=O)O)C1CC1. The van der Waals surface area contributed by atoms with Crippen molar-refractivity contribution in [2.45, 2.75) is 38.6 Å². The van der Waals surface area contributed by atoms with E-state index in [0.29, 0.717) is 12.6 Å². The maximum atomic E-state index is 11.4. The van der Waals surface area contributed by atoms with E-state index in [4.69, 9.17) is 5.11 Å². The smallest absolute Gasteiger partial charge is 0.312 e. The second kappa shape index (κ2) is 4.25. The summed E-state index contributed by atoms with van der Waals surface area (Å²) in [6.07, 6.45) is 2.59. The lowest BCUT2D eigenvalue weighted by molar-refractivity contribution is -0.144. The van der Waals surface area contributed by atoms with Gasteiger partial charge in [-0.3, -0.25) is 9.59 Å². The molecule has 0 aromatic carbocycles. The lowest BCUT2D eigenvalue weighted by Crippen LogP contribution is -2.34. The molecule has 4 heteroatoms. The molecule has 0 unspecified atom stereocenters. The minimum absolute atomic E-state index is 0.239. The maximum absolute atomic E-state index is 11.4. The number of nitrogens with zero attached hydrogens (tertiary/aromatic N) is 1. The topological polar surface area (TPSA) is 57.6 Å². The summed E-state index contributed by atoms with van der Waals surface area (Å²) in [6.45, 7) is 2.68. The van der Waals surface area contributed by atoms with E-state index in [9.17, 15) is 9.59 Å². The van der Waals surface area contributed by atoms with Gasteiger partial charge in [0.25, 0.3) is 0 Å². The van der Waals surface area contributed by atoms with Crippen molar-refractivity contribution >= 4 is 11.9 Å². The largest absolute Gasteiger partial charge is 0.481 e. The first-order valence-corrected chi connectivity index (χ1v) is 4.66. The fourth-order valence-corrected chi connectivity index (χ4v) is 1.37. The van der Waals surface area contributed by atoms with Crippen molar-refractivity contribution in [3.8, 4) is 0 Å². The third-order valence-electron chi connectivity index (χ3n) is 2.07. The van der Waals surface area contributed by atoms with Crippen LogP contribution in [-0.4, -0.2) is 34.5 Å². The minimum atomic E-state index is -1.04. The molecule has 0 spiro atoms. The van der Waals surface area contributed by atoms with Crippen LogP contribution < -0.4 is 0 Å². The van der Waals surface area contributed by atoms with Crippen LogP contribution in [0.15, 0.2) is 0 Å². The average molecular weight is 185 g/mol. The molecular weight excluding hydrogens is 170 g/mol. The number of aliphatic carboxylic acids is 1. The number of hydrogen-bond acceptors (Lipinski definition) is 2. The zero-order chi connectivity index (χ0) is 9.84. The fourth-order valence-electron chi connectivity index (χ4n) is 1.37. The van der Waals surface area contributed by atoms with Gasteiger partial charge in [-0.15, -0.1) is 0 Å². The van der Waals surface area contributed by atoms with Crippen LogP contribution in [0.2, 0.25) is 0 Å². The Morgan fingerprint density at radius 3 is 2.46 bits per heavy atom. The van der Waals surface area contributed by atoms with Crippen molar-refractivity contribution in [3.63, 3.8) is 0 Å². The molecule has 1 aliphatic carbocycles. The van der Waals surface area contributed by atoms with E-state index in [-0.39, 0.29) is 12.3 Å². The molecule has 1 amide bonds. The Bertz CT molecular complexity index is 211. The standard InChI is InChI=1S/C9H15NO3/c1-2-5-10(7-3-4-7)8(11)6-9(12)13/h7H,2-6H2,1H3,(H,12,13). The van der Waals surface area contributed by atoms with Gasteiger partial charge in [0, 0.05) is 12.6 Å². The number of carboxylic acid groups (broad SMARTS) is 1. The molecule has 0 atom stereocenters. The first-order chi connectivity index (χ1) is 6.15. The van der Waals surface area contributed by atoms with Crippen LogP contribution in [0.25, 0.3) is 0 Å². The lowest BCUT2D eigenvalue weighted by Gasteiger charge is -2.20. The first kappa shape index (κ1) is 10.0. The fraction of sp³-hybridized carbons (Fsp3) is 0.778. The maximum Gasteiger partial charge on any atom is 0.312 e. The van der Waals surface area contributed by atoms with E-state index >= 15 is 0 Å². The Hall–Kier alpha value is -1.06. The van der Waals surface area contributed by atoms with Crippen LogP contribution in [-0.2, 0) is 9.59 Å². The van der Waals surface area contributed by atoms with Crippen molar-refractivity contribution in [2.75, 3.05) is 6.54 Å². The van der Waals surface area contributed by atoms with Gasteiger partial charge in [0.1, 0.15) is 6.42 Å². The van der Waals surface area contributed by atoms with Gasteiger partial charge in [0.15, 0.2) is 0 Å². The summed E-state index contributed by atoms with van der Waals surface area (Å²) in [4.78, 5) is 23.4. The summed E-state index contributed by atoms with van der Waals surface area (Å²) in [6, 6.07) is 0.326. The molecule has 4 nitrogen and oxygen atoms in total. The Kier molecular flexibility index (Phi) is 3.28. The molecule has 1 aliphatic rings. The van der Waals surface area contributed by atoms with E-state index < -0.39 is 5.97 Å². The van der Waals surface area contributed by atoms with Gasteiger partial charge in [-0.05, 0) is 19.3 Å². The molecule has 1 N–H and O–H groups in total. The van der Waals surface area contributed by atoms with Crippen LogP contribution >= 0.6 is 0 Å². The third-order valence-corrected chi connectivity index (χ3v) is 2.07. The minimum Gasteiger partial charge on any atom is -0.481 e. The molecule has 0 saturated heterocycles. The van der Waals surface area contributed by atoms with Crippen LogP contribution in [0.5, 0.6) is 0 Å². The van der Waals surface area contributed by atoms with Crippen LogP contribution in [0.1, 0.15) is 32.6 Å².